The van der Waals surface area contributed by atoms with Gasteiger partial charge in [0.25, 0.3) is 0 Å². The van der Waals surface area contributed by atoms with E-state index < -0.39 is 5.97 Å². The third-order valence-electron chi connectivity index (χ3n) is 6.51. The molecule has 0 aliphatic heterocycles. The number of carboxylic acid groups (broad SMARTS) is 1. The van der Waals surface area contributed by atoms with Crippen molar-refractivity contribution in [2.75, 3.05) is 0 Å². The molecule has 0 amide bonds. The molecule has 0 saturated heterocycles. The summed E-state index contributed by atoms with van der Waals surface area (Å²) in [4.78, 5) is 10.9. The minimum absolute atomic E-state index is 0.101. The predicted molar refractivity (Wildman–Crippen MR) is 118 cm³/mol. The molecule has 2 aromatic carbocycles. The summed E-state index contributed by atoms with van der Waals surface area (Å²) < 4.78 is 26.4. The molecule has 1 aliphatic rings. The van der Waals surface area contributed by atoms with Gasteiger partial charge < -0.3 is 14.3 Å². The molecule has 3 aromatic rings. The molecule has 1 N–H and O–H groups in total. The number of hydrogen-bond donors (Lipinski definition) is 1. The van der Waals surface area contributed by atoms with Crippen molar-refractivity contribution in [3.05, 3.63) is 64.2 Å². The maximum Gasteiger partial charge on any atom is 0.303 e. The summed E-state index contributed by atoms with van der Waals surface area (Å²) in [6.45, 7) is 4.14. The first kappa shape index (κ1) is 21.4. The zero-order valence-corrected chi connectivity index (χ0v) is 18.2. The highest BCUT2D eigenvalue weighted by Gasteiger charge is 2.19. The van der Waals surface area contributed by atoms with Crippen LogP contribution in [-0.2, 0) is 24.2 Å². The molecule has 1 aliphatic carbocycles. The van der Waals surface area contributed by atoms with Gasteiger partial charge in [0.2, 0.25) is 0 Å². The second-order valence-corrected chi connectivity index (χ2v) is 8.71. The fourth-order valence-corrected chi connectivity index (χ4v) is 4.62. The Hall–Kier alpha value is -2.82. The molecule has 0 unspecified atom stereocenters. The SMILES string of the molecule is Cc1c(CCC(=O)O)ccc(OCc2cc(F)cc3cc(CC4CCCC4)oc23)c1C. The average Bonchev–Trinajstić information content (AvgIpc) is 3.37. The van der Waals surface area contributed by atoms with Gasteiger partial charge in [0, 0.05) is 23.8 Å². The molecule has 0 radical (unpaired) electrons. The van der Waals surface area contributed by atoms with Gasteiger partial charge in [0.05, 0.1) is 0 Å². The van der Waals surface area contributed by atoms with E-state index in [9.17, 15) is 9.18 Å². The second kappa shape index (κ2) is 9.13. The van der Waals surface area contributed by atoms with Gasteiger partial charge in [-0.2, -0.15) is 0 Å². The van der Waals surface area contributed by atoms with E-state index in [-0.39, 0.29) is 18.8 Å². The topological polar surface area (TPSA) is 59.7 Å². The third kappa shape index (κ3) is 4.92. The number of carboxylic acids is 1. The van der Waals surface area contributed by atoms with Gasteiger partial charge >= 0.3 is 5.97 Å². The van der Waals surface area contributed by atoms with E-state index in [1.807, 2.05) is 32.0 Å². The number of aryl methyl sites for hydroxylation is 1. The van der Waals surface area contributed by atoms with Crippen molar-refractivity contribution in [3.63, 3.8) is 0 Å². The van der Waals surface area contributed by atoms with Crippen molar-refractivity contribution in [2.45, 2.75) is 65.4 Å². The lowest BCUT2D eigenvalue weighted by Gasteiger charge is -2.14. The van der Waals surface area contributed by atoms with Gasteiger partial charge in [0.15, 0.2) is 0 Å². The number of carbonyl (C=O) groups is 1. The van der Waals surface area contributed by atoms with Crippen LogP contribution in [0.3, 0.4) is 0 Å². The standard InChI is InChI=1S/C26H29FO4/c1-16-17(2)24(9-7-19(16)8-10-25(28)29)30-15-21-13-22(27)12-20-14-23(31-26(20)21)11-18-5-3-4-6-18/h7,9,12-14,18H,3-6,8,10-11,15H2,1-2H3,(H,28,29). The van der Waals surface area contributed by atoms with Crippen molar-refractivity contribution < 1.29 is 23.4 Å². The Bertz CT molecular complexity index is 1090. The molecule has 0 atom stereocenters. The van der Waals surface area contributed by atoms with Crippen molar-refractivity contribution in [3.8, 4) is 5.75 Å². The zero-order chi connectivity index (χ0) is 22.0. The minimum Gasteiger partial charge on any atom is -0.488 e. The Morgan fingerprint density at radius 2 is 1.90 bits per heavy atom. The molecule has 0 bridgehead atoms. The Kier molecular flexibility index (Phi) is 6.30. The lowest BCUT2D eigenvalue weighted by atomic mass is 9.99. The van der Waals surface area contributed by atoms with Crippen molar-refractivity contribution in [2.24, 2.45) is 5.92 Å². The monoisotopic (exact) mass is 424 g/mol. The first-order valence-electron chi connectivity index (χ1n) is 11.0. The highest BCUT2D eigenvalue weighted by Crippen LogP contribution is 2.32. The number of aliphatic carboxylic acids is 1. The van der Waals surface area contributed by atoms with Crippen LogP contribution in [-0.4, -0.2) is 11.1 Å². The van der Waals surface area contributed by atoms with Crippen LogP contribution in [0.25, 0.3) is 11.0 Å². The van der Waals surface area contributed by atoms with Crippen molar-refractivity contribution in [1.82, 2.24) is 0 Å². The number of rotatable bonds is 8. The Balaban J connectivity index is 1.52. The van der Waals surface area contributed by atoms with Crippen molar-refractivity contribution in [1.29, 1.82) is 0 Å². The normalized spacial score (nSPS) is 14.4. The molecule has 0 spiro atoms. The van der Waals surface area contributed by atoms with Crippen LogP contribution in [0.4, 0.5) is 4.39 Å². The zero-order valence-electron chi connectivity index (χ0n) is 18.2. The van der Waals surface area contributed by atoms with Crippen LogP contribution in [0.1, 0.15) is 60.1 Å². The molecule has 4 rings (SSSR count). The lowest BCUT2D eigenvalue weighted by Crippen LogP contribution is -2.03. The summed E-state index contributed by atoms with van der Waals surface area (Å²) >= 11 is 0. The van der Waals surface area contributed by atoms with E-state index in [1.165, 1.54) is 37.8 Å². The van der Waals surface area contributed by atoms with Gasteiger partial charge in [-0.1, -0.05) is 31.7 Å². The molecule has 164 valence electrons. The number of fused-ring (bicyclic) bond motifs is 1. The summed E-state index contributed by atoms with van der Waals surface area (Å²) in [5.74, 6) is 1.19. The summed E-state index contributed by atoms with van der Waals surface area (Å²) in [5.41, 5.74) is 4.39. The first-order valence-corrected chi connectivity index (χ1v) is 11.0. The molecule has 31 heavy (non-hydrogen) atoms. The average molecular weight is 425 g/mol. The van der Waals surface area contributed by atoms with Crippen LogP contribution in [0.15, 0.2) is 34.7 Å². The summed E-state index contributed by atoms with van der Waals surface area (Å²) in [6, 6.07) is 8.74. The van der Waals surface area contributed by atoms with E-state index in [2.05, 4.69) is 0 Å². The summed E-state index contributed by atoms with van der Waals surface area (Å²) in [5, 5.41) is 9.71. The molecule has 5 heteroatoms. The van der Waals surface area contributed by atoms with Gasteiger partial charge in [-0.15, -0.1) is 0 Å². The number of ether oxygens (including phenoxy) is 1. The molecule has 4 nitrogen and oxygen atoms in total. The molecular weight excluding hydrogens is 395 g/mol. The first-order chi connectivity index (χ1) is 14.9. The van der Waals surface area contributed by atoms with E-state index in [0.29, 0.717) is 29.2 Å². The molecule has 1 aromatic heterocycles. The highest BCUT2D eigenvalue weighted by atomic mass is 19.1. The van der Waals surface area contributed by atoms with E-state index >= 15 is 0 Å². The maximum absolute atomic E-state index is 14.2. The minimum atomic E-state index is -0.807. The van der Waals surface area contributed by atoms with Gasteiger partial charge in [0.1, 0.15) is 29.5 Å². The molecule has 1 heterocycles. The number of halogens is 1. The van der Waals surface area contributed by atoms with Crippen molar-refractivity contribution >= 4 is 16.9 Å². The van der Waals surface area contributed by atoms with E-state index in [1.54, 1.807) is 0 Å². The maximum atomic E-state index is 14.2. The third-order valence-corrected chi connectivity index (χ3v) is 6.51. The summed E-state index contributed by atoms with van der Waals surface area (Å²) in [7, 11) is 0. The Morgan fingerprint density at radius 1 is 1.13 bits per heavy atom. The Morgan fingerprint density at radius 3 is 2.65 bits per heavy atom. The molecule has 1 saturated carbocycles. The number of furan rings is 1. The van der Waals surface area contributed by atoms with Crippen LogP contribution in [0.2, 0.25) is 0 Å². The fraction of sp³-hybridized carbons (Fsp3) is 0.423. The number of benzene rings is 2. The molecular formula is C26H29FO4. The smallest absolute Gasteiger partial charge is 0.303 e. The summed E-state index contributed by atoms with van der Waals surface area (Å²) in [6.07, 6.45) is 6.54. The van der Waals surface area contributed by atoms with E-state index in [4.69, 9.17) is 14.3 Å². The quantitative estimate of drug-likeness (QED) is 0.447. The largest absolute Gasteiger partial charge is 0.488 e. The van der Waals surface area contributed by atoms with Gasteiger partial charge in [-0.05, 0) is 67.1 Å². The highest BCUT2D eigenvalue weighted by molar-refractivity contribution is 5.81. The van der Waals surface area contributed by atoms with Crippen LogP contribution in [0, 0.1) is 25.6 Å². The lowest BCUT2D eigenvalue weighted by molar-refractivity contribution is -0.136. The predicted octanol–water partition coefficient (Wildman–Crippen LogP) is 6.52. The fourth-order valence-electron chi connectivity index (χ4n) is 4.62. The second-order valence-electron chi connectivity index (χ2n) is 8.71. The van der Waals surface area contributed by atoms with Crippen LogP contribution in [0.5, 0.6) is 5.75 Å². The Labute approximate surface area is 182 Å². The van der Waals surface area contributed by atoms with E-state index in [0.717, 1.165) is 34.3 Å². The van der Waals surface area contributed by atoms with Crippen LogP contribution < -0.4 is 4.74 Å². The van der Waals surface area contributed by atoms with Crippen LogP contribution >= 0.6 is 0 Å². The number of hydrogen-bond acceptors (Lipinski definition) is 3. The molecule has 1 fully saturated rings. The van der Waals surface area contributed by atoms with Gasteiger partial charge in [-0.3, -0.25) is 4.79 Å². The van der Waals surface area contributed by atoms with Gasteiger partial charge in [-0.25, -0.2) is 4.39 Å².